The van der Waals surface area contributed by atoms with Gasteiger partial charge in [0.15, 0.2) is 0 Å². The molecule has 5 nitrogen and oxygen atoms in total. The molecular weight excluding hydrogens is 278 g/mol. The van der Waals surface area contributed by atoms with Crippen molar-refractivity contribution in [2.75, 3.05) is 39.8 Å². The van der Waals surface area contributed by atoms with Gasteiger partial charge in [0, 0.05) is 51.6 Å². The Labute approximate surface area is 133 Å². The van der Waals surface area contributed by atoms with Crippen molar-refractivity contribution >= 4 is 5.91 Å². The van der Waals surface area contributed by atoms with E-state index in [9.17, 15) is 4.79 Å². The van der Waals surface area contributed by atoms with Crippen molar-refractivity contribution in [2.24, 2.45) is 0 Å². The topological polar surface area (TPSA) is 48.7 Å². The lowest BCUT2D eigenvalue weighted by atomic mass is 10.1. The number of carbonyl (C=O) groups excluding carboxylic acids is 1. The fourth-order valence-corrected chi connectivity index (χ4v) is 2.82. The lowest BCUT2D eigenvalue weighted by Gasteiger charge is -2.36. The van der Waals surface area contributed by atoms with Gasteiger partial charge in [-0.05, 0) is 39.4 Å². The zero-order valence-corrected chi connectivity index (χ0v) is 14.1. The zero-order valence-electron chi connectivity index (χ0n) is 14.1. The number of hydrogen-bond acceptors (Lipinski definition) is 4. The smallest absolute Gasteiger partial charge is 0.220 e. The maximum absolute atomic E-state index is 11.9. The summed E-state index contributed by atoms with van der Waals surface area (Å²) in [5, 5.41) is 2.98. The summed E-state index contributed by atoms with van der Waals surface area (Å²) in [5.74, 6) is 2.00. The molecule has 1 aromatic heterocycles. The molecule has 0 spiro atoms. The van der Waals surface area contributed by atoms with E-state index in [2.05, 4.69) is 29.1 Å². The Bertz CT molecular complexity index is 464. The van der Waals surface area contributed by atoms with Crippen molar-refractivity contribution < 1.29 is 9.21 Å². The Hall–Kier alpha value is -1.33. The molecule has 1 saturated heterocycles. The van der Waals surface area contributed by atoms with E-state index in [1.54, 1.807) is 0 Å². The average Bonchev–Trinajstić information content (AvgIpc) is 2.91. The standard InChI is InChI=1S/C17H29N3O2/c1-14(20-12-10-19(3)11-13-20)4-7-17(21)18-9-8-16-6-5-15(2)22-16/h5-6,14H,4,7-13H2,1-3H3,(H,18,21)/t14-/m1/s1. The van der Waals surface area contributed by atoms with E-state index < -0.39 is 0 Å². The summed E-state index contributed by atoms with van der Waals surface area (Å²) in [6.07, 6.45) is 2.29. The van der Waals surface area contributed by atoms with Crippen LogP contribution in [0.15, 0.2) is 16.5 Å². The van der Waals surface area contributed by atoms with Crippen LogP contribution >= 0.6 is 0 Å². The second-order valence-electron chi connectivity index (χ2n) is 6.34. The highest BCUT2D eigenvalue weighted by atomic mass is 16.3. The quantitative estimate of drug-likeness (QED) is 0.832. The van der Waals surface area contributed by atoms with Gasteiger partial charge < -0.3 is 14.6 Å². The summed E-state index contributed by atoms with van der Waals surface area (Å²) in [6.45, 7) is 9.27. The van der Waals surface area contributed by atoms with Crippen LogP contribution in [0.1, 0.15) is 31.3 Å². The number of rotatable bonds is 7. The highest BCUT2D eigenvalue weighted by molar-refractivity contribution is 5.75. The first-order valence-electron chi connectivity index (χ1n) is 8.29. The molecule has 0 bridgehead atoms. The van der Waals surface area contributed by atoms with Gasteiger partial charge in [0.2, 0.25) is 5.91 Å². The van der Waals surface area contributed by atoms with Gasteiger partial charge >= 0.3 is 0 Å². The van der Waals surface area contributed by atoms with E-state index in [0.717, 1.165) is 50.5 Å². The molecule has 5 heteroatoms. The van der Waals surface area contributed by atoms with Crippen LogP contribution in [0.3, 0.4) is 0 Å². The lowest BCUT2D eigenvalue weighted by Crippen LogP contribution is -2.48. The van der Waals surface area contributed by atoms with Gasteiger partial charge in [0.1, 0.15) is 11.5 Å². The number of piperazine rings is 1. The third kappa shape index (κ3) is 5.46. The Morgan fingerprint density at radius 2 is 2.05 bits per heavy atom. The van der Waals surface area contributed by atoms with Crippen LogP contribution in [-0.2, 0) is 11.2 Å². The van der Waals surface area contributed by atoms with Gasteiger partial charge in [0.25, 0.3) is 0 Å². The van der Waals surface area contributed by atoms with E-state index in [4.69, 9.17) is 4.42 Å². The van der Waals surface area contributed by atoms with Crippen molar-refractivity contribution in [1.29, 1.82) is 0 Å². The normalized spacial score (nSPS) is 18.3. The molecule has 1 atom stereocenters. The van der Waals surface area contributed by atoms with Crippen LogP contribution in [0.2, 0.25) is 0 Å². The maximum Gasteiger partial charge on any atom is 0.220 e. The van der Waals surface area contributed by atoms with Gasteiger partial charge in [-0.3, -0.25) is 9.69 Å². The summed E-state index contributed by atoms with van der Waals surface area (Å²) in [6, 6.07) is 4.40. The number of furan rings is 1. The second-order valence-corrected chi connectivity index (χ2v) is 6.34. The van der Waals surface area contributed by atoms with Crippen molar-refractivity contribution in [3.8, 4) is 0 Å². The molecule has 1 aliphatic rings. The fourth-order valence-electron chi connectivity index (χ4n) is 2.82. The molecule has 0 aliphatic carbocycles. The Balaban J connectivity index is 1.58. The van der Waals surface area contributed by atoms with Gasteiger partial charge in [-0.15, -0.1) is 0 Å². The summed E-state index contributed by atoms with van der Waals surface area (Å²) in [7, 11) is 2.16. The van der Waals surface area contributed by atoms with Crippen LogP contribution in [0.25, 0.3) is 0 Å². The average molecular weight is 307 g/mol. The molecule has 1 amide bonds. The predicted octanol–water partition coefficient (Wildman–Crippen LogP) is 1.66. The zero-order chi connectivity index (χ0) is 15.9. The molecule has 1 aliphatic heterocycles. The number of aryl methyl sites for hydroxylation is 1. The summed E-state index contributed by atoms with van der Waals surface area (Å²) < 4.78 is 5.49. The number of nitrogens with zero attached hydrogens (tertiary/aromatic N) is 2. The molecule has 1 fully saturated rings. The van der Waals surface area contributed by atoms with Crippen molar-refractivity contribution in [3.63, 3.8) is 0 Å². The molecule has 1 aromatic rings. The molecule has 2 rings (SSSR count). The van der Waals surface area contributed by atoms with Gasteiger partial charge in [-0.2, -0.15) is 0 Å². The number of nitrogens with one attached hydrogen (secondary N) is 1. The highest BCUT2D eigenvalue weighted by Gasteiger charge is 2.19. The van der Waals surface area contributed by atoms with E-state index in [-0.39, 0.29) is 5.91 Å². The summed E-state index contributed by atoms with van der Waals surface area (Å²) in [5.41, 5.74) is 0. The third-order valence-electron chi connectivity index (χ3n) is 4.44. The Morgan fingerprint density at radius 3 is 2.68 bits per heavy atom. The van der Waals surface area contributed by atoms with Gasteiger partial charge in [-0.1, -0.05) is 0 Å². The van der Waals surface area contributed by atoms with Crippen molar-refractivity contribution in [3.05, 3.63) is 23.7 Å². The van der Waals surface area contributed by atoms with Crippen molar-refractivity contribution in [2.45, 2.75) is 39.2 Å². The molecule has 0 unspecified atom stereocenters. The number of amides is 1. The monoisotopic (exact) mass is 307 g/mol. The van der Waals surface area contributed by atoms with Crippen LogP contribution in [0.5, 0.6) is 0 Å². The first-order valence-corrected chi connectivity index (χ1v) is 8.29. The van der Waals surface area contributed by atoms with Crippen LogP contribution < -0.4 is 5.32 Å². The minimum atomic E-state index is 0.143. The molecular formula is C17H29N3O2. The van der Waals surface area contributed by atoms with E-state index in [1.807, 2.05) is 19.1 Å². The first kappa shape index (κ1) is 17.0. The second kappa shape index (κ2) is 8.34. The van der Waals surface area contributed by atoms with E-state index >= 15 is 0 Å². The fraction of sp³-hybridized carbons (Fsp3) is 0.706. The largest absolute Gasteiger partial charge is 0.466 e. The Kier molecular flexibility index (Phi) is 6.46. The molecule has 2 heterocycles. The lowest BCUT2D eigenvalue weighted by molar-refractivity contribution is -0.121. The predicted molar refractivity (Wildman–Crippen MR) is 87.9 cm³/mol. The van der Waals surface area contributed by atoms with Crippen LogP contribution in [-0.4, -0.2) is 61.5 Å². The van der Waals surface area contributed by atoms with E-state index in [0.29, 0.717) is 19.0 Å². The molecule has 0 radical (unpaired) electrons. The minimum Gasteiger partial charge on any atom is -0.466 e. The molecule has 0 saturated carbocycles. The Morgan fingerprint density at radius 1 is 1.32 bits per heavy atom. The molecule has 0 aromatic carbocycles. The summed E-state index contributed by atoms with van der Waals surface area (Å²) in [4.78, 5) is 16.7. The van der Waals surface area contributed by atoms with Gasteiger partial charge in [0.05, 0.1) is 0 Å². The number of carbonyl (C=O) groups is 1. The molecule has 124 valence electrons. The van der Waals surface area contributed by atoms with Crippen molar-refractivity contribution in [1.82, 2.24) is 15.1 Å². The maximum atomic E-state index is 11.9. The summed E-state index contributed by atoms with van der Waals surface area (Å²) >= 11 is 0. The molecule has 1 N–H and O–H groups in total. The molecule has 22 heavy (non-hydrogen) atoms. The minimum absolute atomic E-state index is 0.143. The number of likely N-dealkylation sites (N-methyl/N-ethyl adjacent to an activating group) is 1. The third-order valence-corrected chi connectivity index (χ3v) is 4.44. The van der Waals surface area contributed by atoms with Crippen LogP contribution in [0.4, 0.5) is 0 Å². The highest BCUT2D eigenvalue weighted by Crippen LogP contribution is 2.10. The van der Waals surface area contributed by atoms with Crippen LogP contribution in [0, 0.1) is 6.92 Å². The SMILES string of the molecule is Cc1ccc(CCNC(=O)CC[C@@H](C)N2CCN(C)CC2)o1. The first-order chi connectivity index (χ1) is 10.5. The number of hydrogen-bond donors (Lipinski definition) is 1. The van der Waals surface area contributed by atoms with Gasteiger partial charge in [-0.25, -0.2) is 0 Å². The van der Waals surface area contributed by atoms with E-state index in [1.165, 1.54) is 0 Å².